The molecule has 3 nitrogen and oxygen atoms in total. The molecule has 0 fully saturated rings. The minimum Gasteiger partial charge on any atom is -0.378 e. The number of hydrogen-bond donors (Lipinski definition) is 1. The molecule has 0 atom stereocenters. The second-order valence-electron chi connectivity index (χ2n) is 7.71. The van der Waals surface area contributed by atoms with Crippen molar-refractivity contribution in [1.29, 1.82) is 0 Å². The fourth-order valence-electron chi connectivity index (χ4n) is 3.80. The summed E-state index contributed by atoms with van der Waals surface area (Å²) in [4.78, 5) is 4.82. The predicted molar refractivity (Wildman–Crippen MR) is 118 cm³/mol. The molecule has 0 saturated heterocycles. The Hall–Kier alpha value is -3.07. The van der Waals surface area contributed by atoms with Gasteiger partial charge in [0.05, 0.1) is 11.4 Å². The van der Waals surface area contributed by atoms with Gasteiger partial charge < -0.3 is 9.72 Å². The second kappa shape index (κ2) is 7.16. The van der Waals surface area contributed by atoms with Crippen molar-refractivity contribution in [2.75, 3.05) is 5.32 Å². The van der Waals surface area contributed by atoms with Gasteiger partial charge in [0.1, 0.15) is 0 Å². The molecule has 28 heavy (non-hydrogen) atoms. The topological polar surface area (TPSA) is 29.3 Å². The van der Waals surface area contributed by atoms with E-state index in [1.165, 1.54) is 39.1 Å². The van der Waals surface area contributed by atoms with E-state index in [2.05, 4.69) is 99.1 Å². The van der Waals surface area contributed by atoms with Gasteiger partial charge in [-0.2, -0.15) is 0 Å². The molecule has 2 aromatic heterocycles. The van der Waals surface area contributed by atoms with Gasteiger partial charge in [0, 0.05) is 24.0 Å². The van der Waals surface area contributed by atoms with Crippen LogP contribution in [0.3, 0.4) is 0 Å². The van der Waals surface area contributed by atoms with E-state index in [0.29, 0.717) is 0 Å². The van der Waals surface area contributed by atoms with E-state index in [1.54, 1.807) is 0 Å². The largest absolute Gasteiger partial charge is 0.378 e. The molecule has 4 rings (SSSR count). The number of pyridine rings is 1. The lowest BCUT2D eigenvalue weighted by Crippen LogP contribution is -2.05. The minimum atomic E-state index is 0.788. The van der Waals surface area contributed by atoms with Crippen LogP contribution in [0.1, 0.15) is 33.6 Å². The molecule has 3 heteroatoms. The Bertz CT molecular complexity index is 1150. The smallest absolute Gasteiger partial charge is 0.160 e. The molecule has 0 aliphatic heterocycles. The van der Waals surface area contributed by atoms with Gasteiger partial charge in [-0.1, -0.05) is 48.0 Å². The minimum absolute atomic E-state index is 0.788. The molecular weight excluding hydrogens is 342 g/mol. The molecule has 0 unspecified atom stereocenters. The lowest BCUT2D eigenvalue weighted by Gasteiger charge is -2.14. The third-order valence-electron chi connectivity index (χ3n) is 5.65. The first kappa shape index (κ1) is 18.3. The van der Waals surface area contributed by atoms with Crippen molar-refractivity contribution in [1.82, 2.24) is 9.38 Å². The van der Waals surface area contributed by atoms with E-state index in [4.69, 9.17) is 4.98 Å². The normalized spacial score (nSPS) is 11.2. The van der Waals surface area contributed by atoms with E-state index in [0.717, 1.165) is 23.6 Å². The average molecular weight is 370 g/mol. The highest BCUT2D eigenvalue weighted by molar-refractivity contribution is 5.77. The number of aromatic nitrogens is 2. The van der Waals surface area contributed by atoms with Crippen LogP contribution in [-0.2, 0) is 6.54 Å². The Kier molecular flexibility index (Phi) is 4.68. The van der Waals surface area contributed by atoms with Gasteiger partial charge in [-0.05, 0) is 62.9 Å². The lowest BCUT2D eigenvalue weighted by atomic mass is 10.0. The molecule has 2 aromatic carbocycles. The number of benzene rings is 2. The maximum absolute atomic E-state index is 4.82. The van der Waals surface area contributed by atoms with Crippen molar-refractivity contribution in [3.63, 3.8) is 0 Å². The van der Waals surface area contributed by atoms with Gasteiger partial charge in [0.2, 0.25) is 0 Å². The highest BCUT2D eigenvalue weighted by Gasteiger charge is 2.13. The maximum atomic E-state index is 4.82. The van der Waals surface area contributed by atoms with Crippen LogP contribution in [-0.4, -0.2) is 9.38 Å². The van der Waals surface area contributed by atoms with Crippen LogP contribution in [0, 0.1) is 34.6 Å². The second-order valence-corrected chi connectivity index (χ2v) is 7.71. The zero-order valence-electron chi connectivity index (χ0n) is 17.3. The molecule has 4 aromatic rings. The van der Waals surface area contributed by atoms with Crippen molar-refractivity contribution in [2.45, 2.75) is 41.2 Å². The van der Waals surface area contributed by atoms with Crippen LogP contribution in [0.4, 0.5) is 5.69 Å². The summed E-state index contributed by atoms with van der Waals surface area (Å²) < 4.78 is 2.21. The highest BCUT2D eigenvalue weighted by Crippen LogP contribution is 2.29. The average Bonchev–Trinajstić information content (AvgIpc) is 2.96. The first-order valence-electron chi connectivity index (χ1n) is 9.79. The van der Waals surface area contributed by atoms with Crippen LogP contribution in [0.5, 0.6) is 0 Å². The van der Waals surface area contributed by atoms with Gasteiger partial charge >= 0.3 is 0 Å². The van der Waals surface area contributed by atoms with Crippen LogP contribution in [0.25, 0.3) is 16.8 Å². The first-order valence-corrected chi connectivity index (χ1v) is 9.79. The number of nitrogens with one attached hydrogen (secondary N) is 1. The van der Waals surface area contributed by atoms with Gasteiger partial charge in [-0.25, -0.2) is 4.98 Å². The Morgan fingerprint density at radius 1 is 0.857 bits per heavy atom. The molecule has 0 aliphatic rings. The Morgan fingerprint density at radius 3 is 2.29 bits per heavy atom. The molecule has 0 radical (unpaired) electrons. The number of hydrogen-bond acceptors (Lipinski definition) is 2. The summed E-state index contributed by atoms with van der Waals surface area (Å²) in [5, 5.41) is 3.67. The Balaban J connectivity index is 1.81. The van der Waals surface area contributed by atoms with Crippen LogP contribution < -0.4 is 5.32 Å². The third kappa shape index (κ3) is 3.29. The van der Waals surface area contributed by atoms with E-state index < -0.39 is 0 Å². The maximum Gasteiger partial charge on any atom is 0.160 e. The highest BCUT2D eigenvalue weighted by atomic mass is 15.1. The van der Waals surface area contributed by atoms with Crippen LogP contribution in [0.2, 0.25) is 0 Å². The number of rotatable bonds is 4. The number of nitrogens with zero attached hydrogens (tertiary/aromatic N) is 2. The standard InChI is InChI=1S/C25H27N3/c1-16-8-6-11-21(12-16)22-13-24(25-27-19(4)20(5)28(25)15-22)26-14-23-17(2)9-7-10-18(23)3/h6-13,15,26H,14H2,1-5H3. The first-order chi connectivity index (χ1) is 13.4. The van der Waals surface area contributed by atoms with Crippen molar-refractivity contribution in [3.05, 3.63) is 88.4 Å². The van der Waals surface area contributed by atoms with Gasteiger partial charge in [-0.3, -0.25) is 0 Å². The molecule has 2 heterocycles. The number of fused-ring (bicyclic) bond motifs is 1. The molecule has 0 saturated carbocycles. The third-order valence-corrected chi connectivity index (χ3v) is 5.65. The summed E-state index contributed by atoms with van der Waals surface area (Å²) in [6.07, 6.45) is 2.20. The van der Waals surface area contributed by atoms with Gasteiger partial charge in [0.25, 0.3) is 0 Å². The quantitative estimate of drug-likeness (QED) is 0.467. The molecule has 142 valence electrons. The fraction of sp³-hybridized carbons (Fsp3) is 0.240. The zero-order chi connectivity index (χ0) is 19.8. The van der Waals surface area contributed by atoms with Crippen molar-refractivity contribution in [2.24, 2.45) is 0 Å². The summed E-state index contributed by atoms with van der Waals surface area (Å²) in [6.45, 7) is 11.5. The number of anilines is 1. The van der Waals surface area contributed by atoms with E-state index >= 15 is 0 Å². The van der Waals surface area contributed by atoms with E-state index in [9.17, 15) is 0 Å². The van der Waals surface area contributed by atoms with Gasteiger partial charge in [-0.15, -0.1) is 0 Å². The zero-order valence-corrected chi connectivity index (χ0v) is 17.3. The van der Waals surface area contributed by atoms with E-state index in [1.807, 2.05) is 0 Å². The van der Waals surface area contributed by atoms with Crippen LogP contribution >= 0.6 is 0 Å². The predicted octanol–water partition coefficient (Wildman–Crippen LogP) is 6.16. The Morgan fingerprint density at radius 2 is 1.57 bits per heavy atom. The summed E-state index contributed by atoms with van der Waals surface area (Å²) >= 11 is 0. The van der Waals surface area contributed by atoms with Crippen molar-refractivity contribution in [3.8, 4) is 11.1 Å². The summed E-state index contributed by atoms with van der Waals surface area (Å²) in [6, 6.07) is 17.3. The van der Waals surface area contributed by atoms with Gasteiger partial charge in [0.15, 0.2) is 5.65 Å². The summed E-state index contributed by atoms with van der Waals surface area (Å²) in [7, 11) is 0. The van der Waals surface area contributed by atoms with Crippen molar-refractivity contribution >= 4 is 11.3 Å². The number of aryl methyl sites for hydroxylation is 5. The monoisotopic (exact) mass is 369 g/mol. The summed E-state index contributed by atoms with van der Waals surface area (Å²) in [5.41, 5.74) is 12.0. The SMILES string of the molecule is Cc1cccc(-c2cc(NCc3c(C)cccc3C)c3nc(C)c(C)n3c2)c1. The summed E-state index contributed by atoms with van der Waals surface area (Å²) in [5.74, 6) is 0. The lowest BCUT2D eigenvalue weighted by molar-refractivity contribution is 1.07. The van der Waals surface area contributed by atoms with Crippen molar-refractivity contribution < 1.29 is 0 Å². The molecule has 0 amide bonds. The molecule has 0 aliphatic carbocycles. The number of imidazole rings is 1. The molecule has 0 spiro atoms. The fourth-order valence-corrected chi connectivity index (χ4v) is 3.80. The molecule has 1 N–H and O–H groups in total. The van der Waals surface area contributed by atoms with Crippen LogP contribution in [0.15, 0.2) is 54.7 Å². The Labute approximate surface area is 167 Å². The van der Waals surface area contributed by atoms with E-state index in [-0.39, 0.29) is 0 Å². The molecule has 0 bridgehead atoms. The molecular formula is C25H27N3.